The number of epoxide rings is 1. The molecule has 0 unspecified atom stereocenters. The summed E-state index contributed by atoms with van der Waals surface area (Å²) < 4.78 is 74.3. The predicted octanol–water partition coefficient (Wildman–Crippen LogP) is 14.6. The smallest absolute Gasteiger partial charge is 0.345 e. The molecule has 83 heavy (non-hydrogen) atoms. The van der Waals surface area contributed by atoms with Gasteiger partial charge in [-0.15, -0.1) is 0 Å². The van der Waals surface area contributed by atoms with Gasteiger partial charge in [-0.2, -0.15) is 17.6 Å². The van der Waals surface area contributed by atoms with E-state index in [1.807, 2.05) is 33.8 Å². The zero-order valence-electron chi connectivity index (χ0n) is 54.9. The Kier molecular flexibility index (Phi) is 13.9. The number of nitrogens with one attached hydrogen (secondary N) is 2. The molecular formula is C68H96F4N4O7. The first-order valence-electron chi connectivity index (χ1n) is 32.1. The third-order valence-corrected chi connectivity index (χ3v) is 26.0. The summed E-state index contributed by atoms with van der Waals surface area (Å²) in [4.78, 5) is 88.5. The van der Waals surface area contributed by atoms with Gasteiger partial charge >= 0.3 is 17.6 Å². The fraction of sp³-hybridized carbons (Fsp3) is 0.794. The summed E-state index contributed by atoms with van der Waals surface area (Å²) >= 11 is 0. The van der Waals surface area contributed by atoms with Crippen LogP contribution in [0.1, 0.15) is 218 Å². The zero-order valence-corrected chi connectivity index (χ0v) is 52.9. The number of carbonyl (C=O) groups is 6. The fourth-order valence-electron chi connectivity index (χ4n) is 21.1. The highest BCUT2D eigenvalue weighted by Crippen LogP contribution is 2.78. The number of hydrogen-bond acceptors (Lipinski definition) is 7. The van der Waals surface area contributed by atoms with E-state index in [1.165, 1.54) is 14.8 Å². The molecule has 7 saturated carbocycles. The van der Waals surface area contributed by atoms with Gasteiger partial charge in [-0.3, -0.25) is 33.6 Å². The van der Waals surface area contributed by atoms with Crippen molar-refractivity contribution in [1.29, 1.82) is 0 Å². The molecule has 11 rings (SSSR count). The van der Waals surface area contributed by atoms with E-state index in [9.17, 15) is 46.3 Å². The Bertz CT molecular complexity index is 3050. The zero-order chi connectivity index (χ0) is 64.3. The maximum absolute atomic E-state index is 14.5. The number of amides is 2. The normalized spacial score (nSPS) is 45.4. The average molecular weight is 1160 g/mol. The Morgan fingerprint density at radius 1 is 0.614 bits per heavy atom. The number of alkyl halides is 4. The van der Waals surface area contributed by atoms with E-state index in [4.69, 9.17) is 20.6 Å². The van der Waals surface area contributed by atoms with Gasteiger partial charge in [0, 0.05) is 61.2 Å². The summed E-state index contributed by atoms with van der Waals surface area (Å²) in [5, 5.41) is 5.62. The lowest BCUT2D eigenvalue weighted by Crippen LogP contribution is -2.71. The van der Waals surface area contributed by atoms with Gasteiger partial charge in [-0.1, -0.05) is 129 Å². The second-order valence-electron chi connectivity index (χ2n) is 32.1. The van der Waals surface area contributed by atoms with E-state index in [-0.39, 0.29) is 68.7 Å². The highest BCUT2D eigenvalue weighted by atomic mass is 19.3. The molecule has 0 radical (unpaired) electrons. The van der Waals surface area contributed by atoms with E-state index >= 15 is 0 Å². The van der Waals surface area contributed by atoms with Crippen LogP contribution in [-0.4, -0.2) is 69.7 Å². The Morgan fingerprint density at radius 3 is 1.45 bits per heavy atom. The Morgan fingerprint density at radius 2 is 1.02 bits per heavy atom. The molecule has 2 amide bonds. The van der Waals surface area contributed by atoms with Crippen LogP contribution in [-0.2, 0) is 33.5 Å². The maximum atomic E-state index is 14.5. The van der Waals surface area contributed by atoms with Crippen molar-refractivity contribution >= 4 is 34.9 Å². The number of Topliss-reactive ketones (excluding diaryl/α,β-unsaturated/α-hetero) is 2. The molecule has 1 aliphatic heterocycles. The number of fused-ring (bicyclic) bond motifs is 16. The molecule has 15 heteroatoms. The number of carbonyl (C=O) groups excluding carboxylic acids is 6. The minimum absolute atomic E-state index is 0.00592. The second kappa shape index (κ2) is 18.8. The van der Waals surface area contributed by atoms with Crippen LogP contribution in [0.4, 0.5) is 17.6 Å². The van der Waals surface area contributed by atoms with Crippen molar-refractivity contribution in [2.24, 2.45) is 89.7 Å². The molecule has 16 atom stereocenters. The van der Waals surface area contributed by atoms with Crippen LogP contribution in [0.3, 0.4) is 0 Å². The molecule has 11 nitrogen and oxygen atoms in total. The standard InChI is InChI=1S/C33H44F2N2O4.C33H44F2N2O3.2CH4/c1-26(2)12-14-32(37-25(40)31(8,34)35)15-13-29(6)22(18(32)17-26)19(38)16-21-28(29,5)11-10-20-27(3,4)23(39)33(36-9)24(41-33)30(20,21)7;1-27(2)12-14-33(37-26(40)32(8,34)35)15-13-31(7)24(19(33)17-27)21(38)16-23-29(5)18-20(36-9)25(39)28(3,4)22(29)10-11-30(23,31)6;;/h16,18,20,22,24H,10-15,17H2,1-8H3,(H,37,40);16,18-19,22,24H,10-15,17H2,1-8H3,(H,37,40);2*1H4/t18-,20-,22-,24+,28+,29+,30-,32-,33-;19-,22-,24-,29-,30+,31+,33-;;/m00../s1/i;;2*1T. The van der Waals surface area contributed by atoms with E-state index in [0.717, 1.165) is 49.7 Å². The number of rotatable bonds is 4. The predicted molar refractivity (Wildman–Crippen MR) is 311 cm³/mol. The van der Waals surface area contributed by atoms with E-state index in [1.54, 1.807) is 12.2 Å². The van der Waals surface area contributed by atoms with Gasteiger partial charge in [0.1, 0.15) is 0 Å². The van der Waals surface area contributed by atoms with Crippen LogP contribution in [0, 0.1) is 103 Å². The molecule has 2 N–H and O–H groups in total. The molecule has 0 bridgehead atoms. The summed E-state index contributed by atoms with van der Waals surface area (Å²) in [5.41, 5.74) is -5.73. The Hall–Kier alpha value is -4.50. The van der Waals surface area contributed by atoms with Gasteiger partial charge in [0.15, 0.2) is 23.5 Å². The van der Waals surface area contributed by atoms with Crippen LogP contribution in [0.25, 0.3) is 9.69 Å². The van der Waals surface area contributed by atoms with Crippen molar-refractivity contribution in [2.45, 2.75) is 250 Å². The van der Waals surface area contributed by atoms with Crippen molar-refractivity contribution in [3.8, 4) is 0 Å². The Labute approximate surface area is 495 Å². The van der Waals surface area contributed by atoms with Crippen molar-refractivity contribution in [2.75, 3.05) is 0 Å². The summed E-state index contributed by atoms with van der Waals surface area (Å²) in [6, 6.07) is 0. The third-order valence-electron chi connectivity index (χ3n) is 26.0. The van der Waals surface area contributed by atoms with Crippen LogP contribution >= 0.6 is 0 Å². The molecule has 11 aliphatic rings. The summed E-state index contributed by atoms with van der Waals surface area (Å²) in [7, 11) is 2.50. The molecule has 1 heterocycles. The van der Waals surface area contributed by atoms with Gasteiger partial charge in [-0.25, -0.2) is 11.4 Å². The topological polar surface area (TPSA) is 148 Å². The van der Waals surface area contributed by atoms with Gasteiger partial charge in [0.05, 0.1) is 6.57 Å². The quantitative estimate of drug-likeness (QED) is 0.162. The number of nitrogens with zero attached hydrogens (tertiary/aromatic N) is 2. The second-order valence-corrected chi connectivity index (χ2v) is 32.1. The first-order chi connectivity index (χ1) is 38.8. The number of allylic oxidation sites excluding steroid dienone is 5. The van der Waals surface area contributed by atoms with Gasteiger partial charge in [0.2, 0.25) is 5.70 Å². The van der Waals surface area contributed by atoms with Gasteiger partial charge in [0.25, 0.3) is 17.6 Å². The lowest BCUT2D eigenvalue weighted by molar-refractivity contribution is -0.171. The lowest BCUT2D eigenvalue weighted by Gasteiger charge is -2.69. The van der Waals surface area contributed by atoms with Crippen molar-refractivity contribution in [1.82, 2.24) is 10.6 Å². The van der Waals surface area contributed by atoms with Crippen molar-refractivity contribution < 1.29 is 53.8 Å². The number of halogens is 4. The molecule has 8 fully saturated rings. The molecule has 0 spiro atoms. The third kappa shape index (κ3) is 8.46. The SMILES string of the molecule is [3H]C.[3H]C.[C-]#[N+]C1=C[C@]2(C)C3=CC(=O)[C@@H]4[C@@H]5CC(C)(C)CC[C@]5(NC(=O)C(C)(F)F)CC[C@@]4(C)[C@]3(C)CC[C@H]2C(C)(C)C1=O.[C-]#[N+][C@@]12O[C@@H]1[C@]1(C)C3=CC(=O)[C@@H]4[C@@H]5CC(C)(C)CC[C@]5(NC(=O)C(C)(F)F)CC[C@@]4(C)[C@]3(C)CC[C@H]1C(C)(C)C2=O. The Balaban J connectivity index is 0.000000209. The summed E-state index contributed by atoms with van der Waals surface area (Å²) in [5.74, 6) is -11.3. The molecular weight excluding hydrogens is 1060 g/mol. The number of ether oxygens (including phenoxy) is 1. The maximum Gasteiger partial charge on any atom is 0.424 e. The van der Waals surface area contributed by atoms with Crippen molar-refractivity contribution in [3.63, 3.8) is 0 Å². The number of hydrogen-bond donors (Lipinski definition) is 2. The summed E-state index contributed by atoms with van der Waals surface area (Å²) in [6.07, 6.45) is 14.4. The van der Waals surface area contributed by atoms with Crippen molar-refractivity contribution in [3.05, 3.63) is 57.9 Å². The van der Waals surface area contributed by atoms with Crippen LogP contribution < -0.4 is 10.6 Å². The van der Waals surface area contributed by atoms with E-state index in [2.05, 4.69) is 89.6 Å². The van der Waals surface area contributed by atoms with Gasteiger partial charge in [-0.05, 0) is 158 Å². The first kappa shape index (κ1) is 61.6. The lowest BCUT2D eigenvalue weighted by atomic mass is 9.34. The van der Waals surface area contributed by atoms with E-state index < -0.39 is 96.3 Å². The van der Waals surface area contributed by atoms with Crippen LogP contribution in [0.2, 0.25) is 0 Å². The minimum Gasteiger partial charge on any atom is -0.345 e. The molecule has 0 aromatic heterocycles. The molecule has 10 aliphatic carbocycles. The number of ketones is 4. The molecule has 1 saturated heterocycles. The largest absolute Gasteiger partial charge is 0.424 e. The minimum atomic E-state index is -3.50. The molecule has 458 valence electrons. The average Bonchev–Trinajstić information content (AvgIpc) is 1.62. The van der Waals surface area contributed by atoms with Crippen LogP contribution in [0.5, 0.6) is 0 Å². The fourth-order valence-corrected chi connectivity index (χ4v) is 21.1. The highest BCUT2D eigenvalue weighted by molar-refractivity contribution is 6.03. The van der Waals surface area contributed by atoms with Gasteiger partial charge < -0.3 is 15.4 Å². The molecule has 0 aromatic rings. The summed E-state index contributed by atoms with van der Waals surface area (Å²) in [6.45, 7) is 46.3. The molecule has 0 aromatic carbocycles. The first-order valence-corrected chi connectivity index (χ1v) is 30.1. The van der Waals surface area contributed by atoms with E-state index in [0.29, 0.717) is 65.2 Å². The monoisotopic (exact) mass is 1160 g/mol. The highest BCUT2D eigenvalue weighted by Gasteiger charge is 2.87. The van der Waals surface area contributed by atoms with Crippen LogP contribution in [0.15, 0.2) is 35.1 Å².